The number of aryl methyl sites for hydroxylation is 1. The summed E-state index contributed by atoms with van der Waals surface area (Å²) in [6.45, 7) is 1.88. The number of nitrogens with zero attached hydrogens (tertiary/aromatic N) is 4. The molecule has 148 valence electrons. The summed E-state index contributed by atoms with van der Waals surface area (Å²) in [5, 5.41) is 4.45. The fourth-order valence-corrected chi connectivity index (χ4v) is 4.67. The summed E-state index contributed by atoms with van der Waals surface area (Å²) < 4.78 is 3.71. The number of hydrogen-bond donors (Lipinski definition) is 1. The van der Waals surface area contributed by atoms with Crippen LogP contribution in [0.3, 0.4) is 0 Å². The monoisotopic (exact) mass is 408 g/mol. The zero-order valence-electron chi connectivity index (χ0n) is 16.4. The number of aromatic nitrogens is 5. The van der Waals surface area contributed by atoms with E-state index in [0.717, 1.165) is 29.9 Å². The average Bonchev–Trinajstić information content (AvgIpc) is 2.89. The molecule has 0 atom stereocenters. The molecule has 0 unspecified atom stereocenters. The van der Waals surface area contributed by atoms with Gasteiger partial charge in [0.15, 0.2) is 11.2 Å². The van der Waals surface area contributed by atoms with Crippen molar-refractivity contribution < 1.29 is 4.52 Å². The number of rotatable bonds is 2. The molecular weight excluding hydrogens is 386 g/mol. The number of benzene rings is 1. The molecule has 5 rings (SSSR count). The van der Waals surface area contributed by atoms with Crippen LogP contribution in [-0.4, -0.2) is 19.6 Å². The van der Waals surface area contributed by atoms with E-state index < -0.39 is 0 Å². The van der Waals surface area contributed by atoms with E-state index in [0.29, 0.717) is 21.7 Å². The molecule has 6 nitrogen and oxygen atoms in total. The molecule has 0 spiro atoms. The van der Waals surface area contributed by atoms with E-state index in [9.17, 15) is 4.79 Å². The van der Waals surface area contributed by atoms with Crippen molar-refractivity contribution in [3.05, 3.63) is 57.7 Å². The maximum Gasteiger partial charge on any atom is 0.458 e. The zero-order chi connectivity index (χ0) is 20.0. The minimum atomic E-state index is -0.00136. The number of H-pyrrole nitrogens is 1. The molecule has 0 aliphatic heterocycles. The molecule has 7 heteroatoms. The minimum Gasteiger partial charge on any atom is -0.312 e. The molecule has 0 radical (unpaired) electrons. The average molecular weight is 409 g/mol. The molecule has 3 heterocycles. The lowest BCUT2D eigenvalue weighted by Crippen LogP contribution is -2.32. The number of pyridine rings is 1. The molecule has 0 saturated heterocycles. The Morgan fingerprint density at radius 2 is 1.93 bits per heavy atom. The predicted molar refractivity (Wildman–Crippen MR) is 113 cm³/mol. The van der Waals surface area contributed by atoms with Crippen LogP contribution in [0.4, 0.5) is 0 Å². The van der Waals surface area contributed by atoms with E-state index in [-0.39, 0.29) is 11.6 Å². The fraction of sp³-hybridized carbons (Fsp3) is 0.364. The molecule has 0 amide bonds. The Hall–Kier alpha value is -2.73. The van der Waals surface area contributed by atoms with Crippen molar-refractivity contribution in [3.8, 4) is 11.3 Å². The number of hydrogen-bond acceptors (Lipinski definition) is 3. The summed E-state index contributed by atoms with van der Waals surface area (Å²) in [5.41, 5.74) is 2.26. The van der Waals surface area contributed by atoms with Gasteiger partial charge in [0.2, 0.25) is 5.82 Å². The summed E-state index contributed by atoms with van der Waals surface area (Å²) in [5.74, 6) is 1.27. The van der Waals surface area contributed by atoms with E-state index in [1.54, 1.807) is 4.52 Å². The predicted octanol–water partition coefficient (Wildman–Crippen LogP) is 4.38. The normalized spacial score (nSPS) is 15.8. The topological polar surface area (TPSA) is 67.7 Å². The van der Waals surface area contributed by atoms with Gasteiger partial charge >= 0.3 is 5.78 Å². The lowest BCUT2D eigenvalue weighted by Gasteiger charge is -2.18. The number of halogens is 1. The van der Waals surface area contributed by atoms with Crippen LogP contribution in [0.5, 0.6) is 0 Å². The van der Waals surface area contributed by atoms with Crippen molar-refractivity contribution in [2.24, 2.45) is 0 Å². The smallest absolute Gasteiger partial charge is 0.312 e. The Kier molecular flexibility index (Phi) is 4.59. The first-order valence-corrected chi connectivity index (χ1v) is 10.6. The Morgan fingerprint density at radius 1 is 1.14 bits per heavy atom. The van der Waals surface area contributed by atoms with Crippen LogP contribution >= 0.6 is 11.6 Å². The van der Waals surface area contributed by atoms with Gasteiger partial charge < -0.3 is 4.57 Å². The molecule has 29 heavy (non-hydrogen) atoms. The van der Waals surface area contributed by atoms with Crippen LogP contribution in [0.15, 0.2) is 41.3 Å². The largest absolute Gasteiger partial charge is 0.458 e. The van der Waals surface area contributed by atoms with E-state index in [2.05, 4.69) is 15.1 Å². The molecule has 1 aliphatic carbocycles. The van der Waals surface area contributed by atoms with Crippen molar-refractivity contribution in [2.45, 2.75) is 51.5 Å². The summed E-state index contributed by atoms with van der Waals surface area (Å²) in [4.78, 5) is 22.8. The van der Waals surface area contributed by atoms with Crippen LogP contribution in [0.2, 0.25) is 5.02 Å². The van der Waals surface area contributed by atoms with Gasteiger partial charge in [-0.25, -0.2) is 5.10 Å². The first kappa shape index (κ1) is 18.3. The first-order valence-electron chi connectivity index (χ1n) is 10.2. The van der Waals surface area contributed by atoms with Crippen molar-refractivity contribution in [1.82, 2.24) is 19.6 Å². The third-order valence-corrected chi connectivity index (χ3v) is 6.07. The Balaban J connectivity index is 1.84. The van der Waals surface area contributed by atoms with Crippen molar-refractivity contribution in [2.75, 3.05) is 0 Å². The fourth-order valence-electron chi connectivity index (χ4n) is 4.48. The quantitative estimate of drug-likeness (QED) is 0.395. The van der Waals surface area contributed by atoms with Crippen molar-refractivity contribution in [1.29, 1.82) is 0 Å². The highest BCUT2D eigenvalue weighted by Gasteiger charge is 2.25. The Morgan fingerprint density at radius 3 is 2.69 bits per heavy atom. The van der Waals surface area contributed by atoms with Crippen LogP contribution in [0.1, 0.15) is 50.4 Å². The summed E-state index contributed by atoms with van der Waals surface area (Å²) in [6, 6.07) is 9.75. The second kappa shape index (κ2) is 7.26. The van der Waals surface area contributed by atoms with Gasteiger partial charge in [-0.3, -0.25) is 4.79 Å². The van der Waals surface area contributed by atoms with Gasteiger partial charge in [-0.05, 0) is 31.0 Å². The van der Waals surface area contributed by atoms with Crippen LogP contribution < -0.4 is 10.1 Å². The molecule has 1 saturated carbocycles. The Bertz CT molecular complexity index is 1270. The van der Waals surface area contributed by atoms with E-state index >= 15 is 0 Å². The molecule has 1 aliphatic rings. The lowest BCUT2D eigenvalue weighted by molar-refractivity contribution is -0.567. The van der Waals surface area contributed by atoms with Crippen LogP contribution in [0, 0.1) is 6.92 Å². The van der Waals surface area contributed by atoms with Gasteiger partial charge in [0.25, 0.3) is 5.56 Å². The molecule has 1 N–H and O–H groups in total. The second-order valence-electron chi connectivity index (χ2n) is 7.85. The summed E-state index contributed by atoms with van der Waals surface area (Å²) in [6.07, 6.45) is 8.83. The SMILES string of the molecule is Cc1nc2nc3ccn(C4CCCCCC4)c(=O)c3c(-c3cccc(Cl)c3)[n+]2[nH]1. The van der Waals surface area contributed by atoms with Gasteiger partial charge in [0, 0.05) is 29.7 Å². The van der Waals surface area contributed by atoms with E-state index in [1.807, 2.05) is 48.0 Å². The van der Waals surface area contributed by atoms with Gasteiger partial charge in [0.05, 0.1) is 0 Å². The molecule has 1 aromatic carbocycles. The third-order valence-electron chi connectivity index (χ3n) is 5.84. The highest BCUT2D eigenvalue weighted by molar-refractivity contribution is 6.30. The second-order valence-corrected chi connectivity index (χ2v) is 8.29. The summed E-state index contributed by atoms with van der Waals surface area (Å²) in [7, 11) is 0. The highest BCUT2D eigenvalue weighted by Crippen LogP contribution is 2.28. The molecular formula is C22H23ClN5O+. The minimum absolute atomic E-state index is 0.00136. The Labute approximate surface area is 173 Å². The van der Waals surface area contributed by atoms with Gasteiger partial charge in [0.1, 0.15) is 5.39 Å². The molecule has 1 fully saturated rings. The zero-order valence-corrected chi connectivity index (χ0v) is 17.1. The summed E-state index contributed by atoms with van der Waals surface area (Å²) >= 11 is 6.28. The first-order chi connectivity index (χ1) is 14.1. The standard InChI is InChI=1S/C22H22ClN5O/c1-14-24-22-25-18-11-12-27(17-9-4-2-3-5-10-17)21(29)19(18)20(28(22)26-14)15-7-6-8-16(23)13-15/h6-8,11-13,17H,2-5,9-10H2,1H3/p+1. The van der Waals surface area contributed by atoms with Gasteiger partial charge in [-0.1, -0.05) is 59.4 Å². The van der Waals surface area contributed by atoms with Crippen LogP contribution in [0.25, 0.3) is 27.9 Å². The van der Waals surface area contributed by atoms with Gasteiger partial charge in [-0.2, -0.15) is 0 Å². The van der Waals surface area contributed by atoms with E-state index in [4.69, 9.17) is 11.6 Å². The third kappa shape index (κ3) is 3.21. The maximum absolute atomic E-state index is 13.7. The number of fused-ring (bicyclic) bond motifs is 2. The molecule has 0 bridgehead atoms. The van der Waals surface area contributed by atoms with Crippen molar-refractivity contribution in [3.63, 3.8) is 0 Å². The van der Waals surface area contributed by atoms with Crippen molar-refractivity contribution >= 4 is 28.3 Å². The maximum atomic E-state index is 13.7. The highest BCUT2D eigenvalue weighted by atomic mass is 35.5. The van der Waals surface area contributed by atoms with E-state index in [1.165, 1.54) is 25.7 Å². The van der Waals surface area contributed by atoms with Crippen LogP contribution in [-0.2, 0) is 0 Å². The van der Waals surface area contributed by atoms with Gasteiger partial charge in [-0.15, -0.1) is 4.52 Å². The number of nitrogens with one attached hydrogen (secondary N) is 1. The lowest BCUT2D eigenvalue weighted by atomic mass is 10.1. The number of aromatic amines is 1. The molecule has 4 aromatic rings. The molecule has 3 aromatic heterocycles.